The highest BCUT2D eigenvalue weighted by Gasteiger charge is 2.76. The number of ketones is 2. The predicted octanol–water partition coefficient (Wildman–Crippen LogP) is 11.1. The van der Waals surface area contributed by atoms with E-state index in [0.29, 0.717) is 19.3 Å². The maximum absolute atomic E-state index is 13.6. The molecule has 3 aromatic carbocycles. The number of esters is 1. The molecule has 1 amide bonds. The number of aliphatic hydroxyl groups is 2. The molecule has 4 aliphatic carbocycles. The quantitative estimate of drug-likeness (QED) is 0.0621. The molecule has 0 radical (unpaired) electrons. The van der Waals surface area contributed by atoms with Crippen molar-refractivity contribution in [3.05, 3.63) is 138 Å². The van der Waals surface area contributed by atoms with Gasteiger partial charge in [-0.1, -0.05) is 128 Å². The van der Waals surface area contributed by atoms with Crippen molar-refractivity contribution in [3.8, 4) is 11.8 Å². The molecule has 10 atom stereocenters. The molecule has 0 unspecified atom stereocenters. The third-order valence-corrected chi connectivity index (χ3v) is 18.5. The van der Waals surface area contributed by atoms with Gasteiger partial charge in [0, 0.05) is 41.5 Å². The number of benzene rings is 3. The summed E-state index contributed by atoms with van der Waals surface area (Å²) in [6.07, 6.45) is 11.2. The van der Waals surface area contributed by atoms with Crippen molar-refractivity contribution in [1.29, 1.82) is 0 Å². The van der Waals surface area contributed by atoms with Crippen LogP contribution < -0.4 is 5.32 Å². The Kier molecular flexibility index (Phi) is 20.2. The Morgan fingerprint density at radius 3 is 2.32 bits per heavy atom. The predicted molar refractivity (Wildman–Crippen MR) is 305 cm³/mol. The zero-order chi connectivity index (χ0) is 57.6. The number of hydrogen-bond donors (Lipinski definition) is 3. The van der Waals surface area contributed by atoms with Gasteiger partial charge in [0.2, 0.25) is 5.76 Å². The topological polar surface area (TPSA) is 181 Å². The lowest BCUT2D eigenvalue weighted by Gasteiger charge is -2.64. The van der Waals surface area contributed by atoms with Crippen LogP contribution in [0.4, 0.5) is 4.39 Å². The lowest BCUT2D eigenvalue weighted by molar-refractivity contribution is -0.177. The number of carbonyl (C=O) groups excluding carboxylic acids is 4. The summed E-state index contributed by atoms with van der Waals surface area (Å²) in [5, 5.41) is 26.6. The Balaban J connectivity index is 0.000000200. The van der Waals surface area contributed by atoms with Crippen LogP contribution in [0.3, 0.4) is 0 Å². The Hall–Kier alpha value is -4.82. The molecule has 0 saturated heterocycles. The Morgan fingerprint density at radius 2 is 1.71 bits per heavy atom. The number of carbonyl (C=O) groups is 4. The second-order valence-corrected chi connectivity index (χ2v) is 26.2. The van der Waals surface area contributed by atoms with Gasteiger partial charge < -0.3 is 24.7 Å². The zero-order valence-corrected chi connectivity index (χ0v) is 48.9. The fourth-order valence-corrected chi connectivity index (χ4v) is 13.5. The molecule has 8 rings (SSSR count). The number of fused-ring (bicyclic) bond motifs is 6. The number of alkyl halides is 5. The molecule has 3 N–H and O–H groups in total. The van der Waals surface area contributed by atoms with Crippen LogP contribution in [0.2, 0.25) is 0 Å². The van der Waals surface area contributed by atoms with Crippen LogP contribution in [0.15, 0.2) is 130 Å². The second kappa shape index (κ2) is 25.3. The molecule has 4 aromatic rings. The van der Waals surface area contributed by atoms with Gasteiger partial charge in [-0.3, -0.25) is 19.3 Å². The summed E-state index contributed by atoms with van der Waals surface area (Å²) in [6.45, 7) is 13.0. The molecule has 0 aliphatic heterocycles. The number of nitrogens with zero attached hydrogens (tertiary/aromatic N) is 1. The third kappa shape index (κ3) is 13.2. The average Bonchev–Trinajstić information content (AvgIpc) is 3.86. The van der Waals surface area contributed by atoms with Gasteiger partial charge >= 0.3 is 5.97 Å². The summed E-state index contributed by atoms with van der Waals surface area (Å²) in [5.74, 6) is 3.38. The van der Waals surface area contributed by atoms with Gasteiger partial charge in [0.05, 0.1) is 34.1 Å². The summed E-state index contributed by atoms with van der Waals surface area (Å²) >= 11 is 24.3. The number of hydrogen-bond acceptors (Lipinski definition) is 11. The van der Waals surface area contributed by atoms with Gasteiger partial charge in [-0.05, 0) is 130 Å². The van der Waals surface area contributed by atoms with Crippen molar-refractivity contribution >= 4 is 90.5 Å². The smallest absolute Gasteiger partial charge is 0.375 e. The number of sulfone groups is 1. The molecule has 420 valence electrons. The van der Waals surface area contributed by atoms with E-state index in [1.54, 1.807) is 12.1 Å². The number of ether oxygens (including phenoxy) is 1. The molecule has 3 saturated carbocycles. The van der Waals surface area contributed by atoms with Crippen molar-refractivity contribution in [2.24, 2.45) is 34.0 Å². The standard InChI is InChI=1S/C27H30Cl2O6.C21H25N.C12H14Cl2FNO4S/c1-15-11-19-18-7-6-16-12-17(30)8-9-24(16,2)26(18,29)21(31)13-25(19,3)27(15,22(32)14-28)35-23(33)20-5-4-10-34-20;1-21(2,3)15-8-5-9-16-22(4)17-19-13-10-12-18-11-6-7-14-20(18)19;1-21(19,20)8-4-2-7(3-5-8)10(17)9(6-15)16-12(18)11(13)14/h4-5,8-10,12,15,18-19,21,31H,6-7,11,13-14H2,1-3H3;5-7,9-14H,16-17H2,1-4H3;2-5,9-11,17H,6H2,1H3,(H,16,18)/b;9-5+;/t15-,18+,19+,21+,24+,25+,26+,27+;;9-,10-/m1.1/s1. The van der Waals surface area contributed by atoms with Crippen LogP contribution in [-0.2, 0) is 35.5 Å². The molecule has 3 fully saturated rings. The molecule has 0 bridgehead atoms. The van der Waals surface area contributed by atoms with Crippen LogP contribution >= 0.6 is 46.4 Å². The van der Waals surface area contributed by atoms with Gasteiger partial charge in [-0.2, -0.15) is 0 Å². The maximum atomic E-state index is 13.6. The summed E-state index contributed by atoms with van der Waals surface area (Å²) in [7, 11) is -1.22. The molecule has 12 nitrogen and oxygen atoms in total. The first kappa shape index (κ1) is 62.4. The minimum atomic E-state index is -3.36. The number of aliphatic hydroxyl groups excluding tert-OH is 2. The van der Waals surface area contributed by atoms with E-state index in [9.17, 15) is 42.2 Å². The van der Waals surface area contributed by atoms with E-state index >= 15 is 0 Å². The normalized spacial score (nSPS) is 27.1. The average molecular weight is 1170 g/mol. The Morgan fingerprint density at radius 1 is 1.03 bits per heavy atom. The number of allylic oxidation sites excluding steroid dienone is 5. The van der Waals surface area contributed by atoms with E-state index < -0.39 is 72.8 Å². The Labute approximate surface area is 477 Å². The first-order valence-corrected chi connectivity index (χ1v) is 29.4. The minimum absolute atomic E-state index is 0.00557. The summed E-state index contributed by atoms with van der Waals surface area (Å²) in [4.78, 5) is 50.0. The molecule has 0 spiro atoms. The van der Waals surface area contributed by atoms with E-state index in [1.165, 1.54) is 59.0 Å². The van der Waals surface area contributed by atoms with Crippen LogP contribution in [0.25, 0.3) is 10.8 Å². The van der Waals surface area contributed by atoms with E-state index in [1.807, 2.05) is 32.9 Å². The van der Waals surface area contributed by atoms with E-state index in [2.05, 4.69) is 98.4 Å². The van der Waals surface area contributed by atoms with E-state index in [4.69, 9.17) is 55.6 Å². The molecule has 18 heteroatoms. The minimum Gasteiger partial charge on any atom is -0.457 e. The largest absolute Gasteiger partial charge is 0.457 e. The number of rotatable bonds is 14. The number of halogens is 5. The zero-order valence-electron chi connectivity index (χ0n) is 45.1. The SMILES string of the molecule is CN(C/C=C/C#CC(C)(C)C)Cc1cccc2ccccc12.CS(=O)(=O)c1ccc([C@@H](O)[C@@H](CF)NC(=O)C(Cl)Cl)cc1.C[C@@H]1C[C@H]2[C@@H]3CCC4=CC(=O)C=C[C@]4(C)[C@@]3(Cl)[C@@H](O)C[C@]2(C)[C@@]1(OC(=O)c1ccco1)C(=O)CCl. The molecule has 1 heterocycles. The van der Waals surface area contributed by atoms with E-state index in [-0.39, 0.29) is 63.3 Å². The lowest BCUT2D eigenvalue weighted by atomic mass is 9.45. The second-order valence-electron chi connectivity index (χ2n) is 22.2. The highest BCUT2D eigenvalue weighted by molar-refractivity contribution is 7.90. The van der Waals surface area contributed by atoms with Crippen molar-refractivity contribution in [1.82, 2.24) is 10.2 Å². The van der Waals surface area contributed by atoms with Crippen LogP contribution in [-0.4, -0.2) is 107 Å². The summed E-state index contributed by atoms with van der Waals surface area (Å²) < 4.78 is 46.9. The van der Waals surface area contributed by atoms with Crippen molar-refractivity contribution in [2.75, 3.05) is 32.4 Å². The van der Waals surface area contributed by atoms with Gasteiger partial charge in [0.25, 0.3) is 5.91 Å². The van der Waals surface area contributed by atoms with E-state index in [0.717, 1.165) is 24.9 Å². The van der Waals surface area contributed by atoms with Crippen LogP contribution in [0.5, 0.6) is 0 Å². The van der Waals surface area contributed by atoms with Gasteiger partial charge in [-0.25, -0.2) is 17.6 Å². The number of amides is 1. The summed E-state index contributed by atoms with van der Waals surface area (Å²) in [6, 6.07) is 22.2. The maximum Gasteiger partial charge on any atom is 0.375 e. The van der Waals surface area contributed by atoms with Crippen LogP contribution in [0.1, 0.15) is 95.0 Å². The summed E-state index contributed by atoms with van der Waals surface area (Å²) in [5.41, 5.74) is -0.508. The number of nitrogens with one attached hydrogen (secondary N) is 1. The van der Waals surface area contributed by atoms with Gasteiger partial charge in [0.1, 0.15) is 12.8 Å². The number of furan rings is 1. The van der Waals surface area contributed by atoms with Crippen molar-refractivity contribution in [3.63, 3.8) is 0 Å². The molecular formula is C60H69Cl4FN2O10S. The van der Waals surface area contributed by atoms with Crippen molar-refractivity contribution in [2.45, 2.75) is 112 Å². The first-order chi connectivity index (χ1) is 36.6. The lowest BCUT2D eigenvalue weighted by Crippen LogP contribution is -2.69. The Bertz CT molecular complexity index is 3090. The molecular weight excluding hydrogens is 1100 g/mol. The number of likely N-dealkylation sites (N-methyl/N-ethyl adjacent to an activating group) is 1. The third-order valence-electron chi connectivity index (χ3n) is 15.8. The van der Waals surface area contributed by atoms with Gasteiger partial charge in [-0.15, -0.1) is 23.2 Å². The monoisotopic (exact) mass is 1170 g/mol. The van der Waals surface area contributed by atoms with Crippen LogP contribution in [0, 0.1) is 45.8 Å². The highest BCUT2D eigenvalue weighted by atomic mass is 35.5. The van der Waals surface area contributed by atoms with Gasteiger partial charge in [0.15, 0.2) is 31.8 Å². The fraction of sp³-hybridized carbons (Fsp3) is 0.467. The first-order valence-electron chi connectivity index (χ1n) is 25.7. The number of Topliss-reactive ketones (excluding diaryl/α,β-unsaturated/α-hetero) is 1. The van der Waals surface area contributed by atoms with Crippen molar-refractivity contribution < 1.29 is 51.4 Å². The fourth-order valence-electron chi connectivity index (χ4n) is 12.0. The molecule has 78 heavy (non-hydrogen) atoms. The highest BCUT2D eigenvalue weighted by Crippen LogP contribution is 2.72. The molecule has 1 aromatic heterocycles. The molecule has 4 aliphatic rings.